The molecule has 2 N–H and O–H groups in total. The molecule has 2 aliphatic carbocycles. The molecule has 2 aromatic rings. The number of fused-ring (bicyclic) bond motifs is 1. The molecule has 0 spiro atoms. The number of anilines is 2. The van der Waals surface area contributed by atoms with Crippen LogP contribution in [-0.2, 0) is 0 Å². The Bertz CT molecular complexity index is 617. The molecule has 98 valence electrons. The van der Waals surface area contributed by atoms with Crippen LogP contribution in [0, 0.1) is 5.92 Å². The van der Waals surface area contributed by atoms with E-state index in [2.05, 4.69) is 9.88 Å². The summed E-state index contributed by atoms with van der Waals surface area (Å²) in [6.07, 6.45) is 5.23. The normalized spacial score (nSPS) is 18.7. The second kappa shape index (κ2) is 4.08. The molecule has 19 heavy (non-hydrogen) atoms. The highest BCUT2D eigenvalue weighted by molar-refractivity contribution is 5.80. The molecule has 2 aliphatic rings. The van der Waals surface area contributed by atoms with E-state index in [9.17, 15) is 0 Å². The van der Waals surface area contributed by atoms with Gasteiger partial charge in [-0.1, -0.05) is 12.1 Å². The highest BCUT2D eigenvalue weighted by Crippen LogP contribution is 2.38. The summed E-state index contributed by atoms with van der Waals surface area (Å²) in [6, 6.07) is 8.58. The Morgan fingerprint density at radius 1 is 1.05 bits per heavy atom. The molecular weight excluding hydrogens is 236 g/mol. The monoisotopic (exact) mass is 254 g/mol. The average molecular weight is 254 g/mol. The quantitative estimate of drug-likeness (QED) is 0.911. The lowest BCUT2D eigenvalue weighted by Gasteiger charge is -2.24. The summed E-state index contributed by atoms with van der Waals surface area (Å²) < 4.78 is 0. The molecular formula is C15H18N4. The van der Waals surface area contributed by atoms with Gasteiger partial charge in [-0.25, -0.2) is 9.97 Å². The fourth-order valence-electron chi connectivity index (χ4n) is 2.59. The Labute approximate surface area is 112 Å². The maximum atomic E-state index is 6.13. The zero-order valence-electron chi connectivity index (χ0n) is 10.9. The summed E-state index contributed by atoms with van der Waals surface area (Å²) in [5.41, 5.74) is 7.95. The molecule has 0 amide bonds. The molecule has 2 saturated carbocycles. The summed E-state index contributed by atoms with van der Waals surface area (Å²) in [6.45, 7) is 1.10. The topological polar surface area (TPSA) is 55.0 Å². The largest absolute Gasteiger partial charge is 0.381 e. The van der Waals surface area contributed by atoms with E-state index >= 15 is 0 Å². The first-order valence-corrected chi connectivity index (χ1v) is 7.10. The number of rotatable bonds is 4. The number of nitrogens with zero attached hydrogens (tertiary/aromatic N) is 3. The van der Waals surface area contributed by atoms with E-state index in [0.717, 1.165) is 29.3 Å². The minimum absolute atomic E-state index is 0.575. The summed E-state index contributed by atoms with van der Waals surface area (Å²) in [5, 5.41) is 0. The van der Waals surface area contributed by atoms with Crippen molar-refractivity contribution in [3.63, 3.8) is 0 Å². The molecule has 0 atom stereocenters. The molecule has 1 aromatic carbocycles. The van der Waals surface area contributed by atoms with E-state index in [-0.39, 0.29) is 0 Å². The molecule has 0 aliphatic heterocycles. The first-order valence-electron chi connectivity index (χ1n) is 7.10. The molecule has 1 aromatic heterocycles. The van der Waals surface area contributed by atoms with Crippen LogP contribution in [0.5, 0.6) is 0 Å². The van der Waals surface area contributed by atoms with Crippen molar-refractivity contribution in [2.24, 2.45) is 5.92 Å². The van der Waals surface area contributed by atoms with E-state index in [4.69, 9.17) is 10.7 Å². The van der Waals surface area contributed by atoms with Gasteiger partial charge < -0.3 is 10.6 Å². The first-order chi connectivity index (χ1) is 9.31. The zero-order chi connectivity index (χ0) is 12.8. The van der Waals surface area contributed by atoms with Gasteiger partial charge in [0, 0.05) is 12.6 Å². The van der Waals surface area contributed by atoms with Crippen LogP contribution < -0.4 is 10.6 Å². The smallest absolute Gasteiger partial charge is 0.172 e. The van der Waals surface area contributed by atoms with Gasteiger partial charge in [-0.2, -0.15) is 0 Å². The van der Waals surface area contributed by atoms with Gasteiger partial charge in [-0.05, 0) is 43.7 Å². The number of benzene rings is 1. The van der Waals surface area contributed by atoms with E-state index in [1.807, 2.05) is 24.3 Å². The van der Waals surface area contributed by atoms with Gasteiger partial charge in [0.25, 0.3) is 0 Å². The lowest BCUT2D eigenvalue weighted by atomic mass is 10.3. The standard InChI is InChI=1S/C15H18N4/c16-14-15(18-13-4-2-1-3-12(13)17-14)19(11-7-8-11)9-10-5-6-10/h1-4,10-11H,5-9H2,(H2,16,17). The summed E-state index contributed by atoms with van der Waals surface area (Å²) in [7, 11) is 0. The Kier molecular flexibility index (Phi) is 2.37. The van der Waals surface area contributed by atoms with Gasteiger partial charge in [0.1, 0.15) is 0 Å². The van der Waals surface area contributed by atoms with Crippen molar-refractivity contribution < 1.29 is 0 Å². The van der Waals surface area contributed by atoms with Crippen LogP contribution in [0.3, 0.4) is 0 Å². The number of hydrogen-bond donors (Lipinski definition) is 1. The van der Waals surface area contributed by atoms with Gasteiger partial charge in [-0.3, -0.25) is 0 Å². The van der Waals surface area contributed by atoms with Gasteiger partial charge in [0.05, 0.1) is 11.0 Å². The number of nitrogen functional groups attached to an aromatic ring is 1. The van der Waals surface area contributed by atoms with Crippen molar-refractivity contribution in [3.8, 4) is 0 Å². The summed E-state index contributed by atoms with van der Waals surface area (Å²) >= 11 is 0. The Morgan fingerprint density at radius 3 is 2.37 bits per heavy atom. The van der Waals surface area contributed by atoms with Crippen molar-refractivity contribution in [1.82, 2.24) is 9.97 Å². The van der Waals surface area contributed by atoms with Gasteiger partial charge in [0.2, 0.25) is 0 Å². The second-order valence-electron chi connectivity index (χ2n) is 5.75. The van der Waals surface area contributed by atoms with Crippen molar-refractivity contribution >= 4 is 22.7 Å². The van der Waals surface area contributed by atoms with Crippen LogP contribution in [0.2, 0.25) is 0 Å². The highest BCUT2D eigenvalue weighted by Gasteiger charge is 2.35. The lowest BCUT2D eigenvalue weighted by Crippen LogP contribution is -2.30. The van der Waals surface area contributed by atoms with Crippen LogP contribution in [-0.4, -0.2) is 22.6 Å². The Balaban J connectivity index is 1.76. The molecule has 4 nitrogen and oxygen atoms in total. The van der Waals surface area contributed by atoms with Crippen LogP contribution >= 0.6 is 0 Å². The molecule has 0 radical (unpaired) electrons. The van der Waals surface area contributed by atoms with E-state index < -0.39 is 0 Å². The third-order valence-electron chi connectivity index (χ3n) is 3.99. The molecule has 4 heteroatoms. The molecule has 1 heterocycles. The van der Waals surface area contributed by atoms with Gasteiger partial charge in [0.15, 0.2) is 11.6 Å². The summed E-state index contributed by atoms with van der Waals surface area (Å²) in [5.74, 6) is 2.31. The van der Waals surface area contributed by atoms with E-state index in [0.29, 0.717) is 11.9 Å². The minimum Gasteiger partial charge on any atom is -0.381 e. The van der Waals surface area contributed by atoms with Crippen molar-refractivity contribution in [2.45, 2.75) is 31.7 Å². The fourth-order valence-corrected chi connectivity index (χ4v) is 2.59. The van der Waals surface area contributed by atoms with Gasteiger partial charge in [-0.15, -0.1) is 0 Å². The van der Waals surface area contributed by atoms with E-state index in [1.165, 1.54) is 25.7 Å². The first kappa shape index (κ1) is 11.0. The Hall–Kier alpha value is -1.84. The predicted molar refractivity (Wildman–Crippen MR) is 77.0 cm³/mol. The number of para-hydroxylation sites is 2. The van der Waals surface area contributed by atoms with Crippen LogP contribution in [0.15, 0.2) is 24.3 Å². The van der Waals surface area contributed by atoms with Crippen molar-refractivity contribution in [1.29, 1.82) is 0 Å². The highest BCUT2D eigenvalue weighted by atomic mass is 15.3. The van der Waals surface area contributed by atoms with Crippen LogP contribution in [0.4, 0.5) is 11.6 Å². The maximum Gasteiger partial charge on any atom is 0.172 e. The second-order valence-corrected chi connectivity index (χ2v) is 5.75. The molecule has 0 bridgehead atoms. The van der Waals surface area contributed by atoms with Crippen molar-refractivity contribution in [3.05, 3.63) is 24.3 Å². The minimum atomic E-state index is 0.575. The summed E-state index contributed by atoms with van der Waals surface area (Å²) in [4.78, 5) is 11.7. The average Bonchev–Trinajstić information content (AvgIpc) is 3.27. The number of aromatic nitrogens is 2. The fraction of sp³-hybridized carbons (Fsp3) is 0.467. The van der Waals surface area contributed by atoms with Crippen LogP contribution in [0.1, 0.15) is 25.7 Å². The lowest BCUT2D eigenvalue weighted by molar-refractivity contribution is 0.710. The number of nitrogens with two attached hydrogens (primary N) is 1. The molecule has 4 rings (SSSR count). The maximum absolute atomic E-state index is 6.13. The third kappa shape index (κ3) is 2.11. The Morgan fingerprint density at radius 2 is 1.74 bits per heavy atom. The number of hydrogen-bond acceptors (Lipinski definition) is 4. The zero-order valence-corrected chi connectivity index (χ0v) is 10.9. The molecule has 0 saturated heterocycles. The third-order valence-corrected chi connectivity index (χ3v) is 3.99. The van der Waals surface area contributed by atoms with Crippen molar-refractivity contribution in [2.75, 3.05) is 17.2 Å². The van der Waals surface area contributed by atoms with Crippen LogP contribution in [0.25, 0.3) is 11.0 Å². The molecule has 0 unspecified atom stereocenters. The SMILES string of the molecule is Nc1nc2ccccc2nc1N(CC1CC1)C1CC1. The predicted octanol–water partition coefficient (Wildman–Crippen LogP) is 2.59. The van der Waals surface area contributed by atoms with E-state index in [1.54, 1.807) is 0 Å². The van der Waals surface area contributed by atoms with Gasteiger partial charge >= 0.3 is 0 Å². The molecule has 2 fully saturated rings.